The molecule has 1 atom stereocenters. The van der Waals surface area contributed by atoms with Crippen molar-refractivity contribution < 1.29 is 4.74 Å². The molecule has 3 aromatic heterocycles. The van der Waals surface area contributed by atoms with E-state index in [1.807, 2.05) is 30.5 Å². The Morgan fingerprint density at radius 3 is 2.97 bits per heavy atom. The predicted octanol–water partition coefficient (Wildman–Crippen LogP) is 4.36. The first-order valence-corrected chi connectivity index (χ1v) is 11.3. The summed E-state index contributed by atoms with van der Waals surface area (Å²) in [5, 5.41) is 14.6. The second-order valence-corrected chi connectivity index (χ2v) is 8.57. The molecule has 0 spiro atoms. The van der Waals surface area contributed by atoms with Crippen LogP contribution in [0.3, 0.4) is 0 Å². The Balaban J connectivity index is 1.30. The second kappa shape index (κ2) is 9.05. The maximum atomic E-state index is 6.08. The highest BCUT2D eigenvalue weighted by Gasteiger charge is 2.24. The summed E-state index contributed by atoms with van der Waals surface area (Å²) in [5.41, 5.74) is 3.25. The number of nitrogens with one attached hydrogen (secondary N) is 1. The van der Waals surface area contributed by atoms with Gasteiger partial charge in [0.2, 0.25) is 5.13 Å². The van der Waals surface area contributed by atoms with Crippen LogP contribution in [0.2, 0.25) is 0 Å². The fourth-order valence-corrected chi connectivity index (χ4v) is 4.51. The highest BCUT2D eigenvalue weighted by atomic mass is 32.1. The van der Waals surface area contributed by atoms with Gasteiger partial charge in [0.15, 0.2) is 0 Å². The summed E-state index contributed by atoms with van der Waals surface area (Å²) >= 11 is 1.55. The Kier molecular flexibility index (Phi) is 5.84. The molecule has 4 heterocycles. The molecule has 0 amide bonds. The lowest BCUT2D eigenvalue weighted by Crippen LogP contribution is -2.38. The zero-order valence-corrected chi connectivity index (χ0v) is 18.2. The van der Waals surface area contributed by atoms with Gasteiger partial charge >= 0.3 is 0 Å². The molecule has 31 heavy (non-hydrogen) atoms. The quantitative estimate of drug-likeness (QED) is 0.485. The highest BCUT2D eigenvalue weighted by Crippen LogP contribution is 2.26. The van der Waals surface area contributed by atoms with Crippen molar-refractivity contribution in [1.29, 1.82) is 0 Å². The van der Waals surface area contributed by atoms with E-state index < -0.39 is 0 Å². The van der Waals surface area contributed by atoms with Crippen LogP contribution in [-0.2, 0) is 17.7 Å². The summed E-state index contributed by atoms with van der Waals surface area (Å²) in [6, 6.07) is 16.4. The van der Waals surface area contributed by atoms with Crippen LogP contribution in [0.1, 0.15) is 29.3 Å². The van der Waals surface area contributed by atoms with Crippen molar-refractivity contribution in [2.24, 2.45) is 0 Å². The Bertz CT molecular complexity index is 1170. The molecule has 0 bridgehead atoms. The Labute approximate surface area is 185 Å². The van der Waals surface area contributed by atoms with Crippen molar-refractivity contribution in [3.05, 3.63) is 71.0 Å². The van der Waals surface area contributed by atoms with Crippen LogP contribution in [0.4, 0.5) is 10.9 Å². The number of hydrogen-bond acceptors (Lipinski definition) is 8. The molecular formula is C23H24N6OS. The van der Waals surface area contributed by atoms with Crippen LogP contribution < -0.4 is 5.32 Å². The zero-order valence-electron chi connectivity index (χ0n) is 17.4. The van der Waals surface area contributed by atoms with Gasteiger partial charge in [-0.05, 0) is 36.2 Å². The van der Waals surface area contributed by atoms with Crippen molar-refractivity contribution in [3.63, 3.8) is 0 Å². The number of hydrogen-bond donors (Lipinski definition) is 1. The second-order valence-electron chi connectivity index (χ2n) is 7.51. The number of benzene rings is 1. The zero-order chi connectivity index (χ0) is 21.0. The molecule has 5 rings (SSSR count). The van der Waals surface area contributed by atoms with E-state index in [-0.39, 0.29) is 6.10 Å². The fraction of sp³-hybridized carbons (Fsp3) is 0.304. The average molecular weight is 433 g/mol. The van der Waals surface area contributed by atoms with Crippen molar-refractivity contribution in [2.45, 2.75) is 26.0 Å². The largest absolute Gasteiger partial charge is 0.369 e. The molecular weight excluding hydrogens is 408 g/mol. The van der Waals surface area contributed by atoms with E-state index in [0.717, 1.165) is 53.2 Å². The highest BCUT2D eigenvalue weighted by molar-refractivity contribution is 7.15. The summed E-state index contributed by atoms with van der Waals surface area (Å²) in [6.07, 6.45) is 2.66. The number of rotatable bonds is 6. The Morgan fingerprint density at radius 2 is 2.06 bits per heavy atom. The maximum Gasteiger partial charge on any atom is 0.211 e. The molecule has 0 radical (unpaired) electrons. The van der Waals surface area contributed by atoms with E-state index in [2.05, 4.69) is 56.6 Å². The van der Waals surface area contributed by atoms with Crippen LogP contribution in [0.15, 0.2) is 54.7 Å². The van der Waals surface area contributed by atoms with Gasteiger partial charge in [-0.15, -0.1) is 10.2 Å². The summed E-state index contributed by atoms with van der Waals surface area (Å²) in [4.78, 5) is 11.7. The number of nitrogens with zero attached hydrogens (tertiary/aromatic N) is 5. The molecule has 0 unspecified atom stereocenters. The molecule has 0 saturated carbocycles. The first-order valence-electron chi connectivity index (χ1n) is 10.5. The van der Waals surface area contributed by atoms with Gasteiger partial charge in [0.05, 0.1) is 17.8 Å². The van der Waals surface area contributed by atoms with Crippen molar-refractivity contribution in [2.75, 3.05) is 25.0 Å². The molecule has 7 nitrogen and oxygen atoms in total. The topological polar surface area (TPSA) is 76.1 Å². The molecule has 8 heteroatoms. The SMILES string of the molecule is CCc1nnc(Nc2cccc([C@H]3CN(Cc4cccc5ncccc45)CCO3)n2)s1. The lowest BCUT2D eigenvalue weighted by atomic mass is 10.1. The number of ether oxygens (including phenoxy) is 1. The number of anilines is 2. The van der Waals surface area contributed by atoms with E-state index in [9.17, 15) is 0 Å². The monoisotopic (exact) mass is 432 g/mol. The number of pyridine rings is 2. The normalized spacial score (nSPS) is 17.1. The van der Waals surface area contributed by atoms with Crippen LogP contribution in [-0.4, -0.2) is 44.8 Å². The van der Waals surface area contributed by atoms with Gasteiger partial charge in [-0.1, -0.05) is 42.5 Å². The summed E-state index contributed by atoms with van der Waals surface area (Å²) in [7, 11) is 0. The number of fused-ring (bicyclic) bond motifs is 1. The van der Waals surface area contributed by atoms with Crippen molar-refractivity contribution in [3.8, 4) is 0 Å². The summed E-state index contributed by atoms with van der Waals surface area (Å²) in [5.74, 6) is 0.761. The van der Waals surface area contributed by atoms with E-state index >= 15 is 0 Å². The molecule has 158 valence electrons. The Hall–Kier alpha value is -2.94. The van der Waals surface area contributed by atoms with Crippen LogP contribution >= 0.6 is 11.3 Å². The number of aromatic nitrogens is 4. The first-order chi connectivity index (χ1) is 15.3. The molecule has 0 aliphatic carbocycles. The molecule has 1 aliphatic rings. The predicted molar refractivity (Wildman–Crippen MR) is 123 cm³/mol. The average Bonchev–Trinajstić information content (AvgIpc) is 3.27. The summed E-state index contributed by atoms with van der Waals surface area (Å²) < 4.78 is 6.08. The standard InChI is InChI=1S/C23H24N6OS/c1-2-22-27-28-23(31-22)26-21-10-4-9-19(25-21)20-15-29(12-13-30-20)14-16-6-3-8-18-17(16)7-5-11-24-18/h3-11,20H,2,12-15H2,1H3,(H,25,26,28)/t20-/m1/s1. The van der Waals surface area contributed by atoms with E-state index in [4.69, 9.17) is 9.72 Å². The van der Waals surface area contributed by atoms with E-state index in [1.165, 1.54) is 10.9 Å². The lowest BCUT2D eigenvalue weighted by Gasteiger charge is -2.33. The van der Waals surface area contributed by atoms with Gasteiger partial charge < -0.3 is 10.1 Å². The fourth-order valence-electron chi connectivity index (χ4n) is 3.83. The number of aryl methyl sites for hydroxylation is 1. The third kappa shape index (κ3) is 4.56. The summed E-state index contributed by atoms with van der Waals surface area (Å²) in [6.45, 7) is 5.32. The minimum Gasteiger partial charge on any atom is -0.369 e. The smallest absolute Gasteiger partial charge is 0.211 e. The van der Waals surface area contributed by atoms with Gasteiger partial charge in [0.1, 0.15) is 16.9 Å². The molecule has 1 aromatic carbocycles. The van der Waals surface area contributed by atoms with Gasteiger partial charge in [0.25, 0.3) is 0 Å². The van der Waals surface area contributed by atoms with Gasteiger partial charge in [-0.3, -0.25) is 9.88 Å². The van der Waals surface area contributed by atoms with Crippen LogP contribution in [0, 0.1) is 0 Å². The number of morpholine rings is 1. The van der Waals surface area contributed by atoms with Crippen molar-refractivity contribution >= 4 is 33.2 Å². The van der Waals surface area contributed by atoms with Gasteiger partial charge in [-0.2, -0.15) is 0 Å². The third-order valence-corrected chi connectivity index (χ3v) is 6.37. The maximum absolute atomic E-state index is 6.08. The molecule has 1 saturated heterocycles. The third-order valence-electron chi connectivity index (χ3n) is 5.39. The molecule has 1 aliphatic heterocycles. The van der Waals surface area contributed by atoms with Gasteiger partial charge in [-0.25, -0.2) is 4.98 Å². The van der Waals surface area contributed by atoms with Crippen molar-refractivity contribution in [1.82, 2.24) is 25.1 Å². The minimum atomic E-state index is -0.0655. The molecule has 4 aromatic rings. The van der Waals surface area contributed by atoms with Crippen LogP contribution in [0.5, 0.6) is 0 Å². The van der Waals surface area contributed by atoms with Gasteiger partial charge in [0, 0.05) is 31.2 Å². The molecule has 1 fully saturated rings. The van der Waals surface area contributed by atoms with E-state index in [1.54, 1.807) is 11.3 Å². The minimum absolute atomic E-state index is 0.0655. The molecule has 1 N–H and O–H groups in total. The first kappa shape index (κ1) is 20.0. The van der Waals surface area contributed by atoms with Crippen LogP contribution in [0.25, 0.3) is 10.9 Å². The lowest BCUT2D eigenvalue weighted by molar-refractivity contribution is -0.0348. The Morgan fingerprint density at radius 1 is 1.13 bits per heavy atom. The van der Waals surface area contributed by atoms with E-state index in [0.29, 0.717) is 6.61 Å².